The third-order valence-electron chi connectivity index (χ3n) is 6.43. The molecule has 3 unspecified atom stereocenters. The van der Waals surface area contributed by atoms with Crippen LogP contribution in [-0.2, 0) is 30.3 Å². The van der Waals surface area contributed by atoms with Crippen molar-refractivity contribution < 1.29 is 33.4 Å². The molecule has 0 spiro atoms. The topological polar surface area (TPSA) is 114 Å². The van der Waals surface area contributed by atoms with Crippen LogP contribution in [0.5, 0.6) is 0 Å². The summed E-state index contributed by atoms with van der Waals surface area (Å²) in [6, 6.07) is 15.5. The average molecular weight is 538 g/mol. The monoisotopic (exact) mass is 537 g/mol. The smallest absolute Gasteiger partial charge is 0.410 e. The van der Waals surface area contributed by atoms with Crippen LogP contribution < -0.4 is 5.32 Å². The lowest BCUT2D eigenvalue weighted by Crippen LogP contribution is -2.58. The number of ether oxygens (including phenoxy) is 3. The minimum Gasteiger partial charge on any atom is -0.462 e. The van der Waals surface area contributed by atoms with Crippen LogP contribution in [-0.4, -0.2) is 77.2 Å². The van der Waals surface area contributed by atoms with Crippen LogP contribution in [0.15, 0.2) is 54.6 Å². The van der Waals surface area contributed by atoms with Crippen molar-refractivity contribution in [2.24, 2.45) is 0 Å². The first-order valence-corrected chi connectivity index (χ1v) is 13.1. The fraction of sp³-hybridized carbons (Fsp3) is 0.448. The summed E-state index contributed by atoms with van der Waals surface area (Å²) in [5.74, 6) is -1.15. The molecule has 2 aromatic carbocycles. The first-order valence-electron chi connectivity index (χ1n) is 13.1. The van der Waals surface area contributed by atoms with Crippen LogP contribution in [0.25, 0.3) is 0 Å². The number of nitrogens with one attached hydrogen (secondary N) is 1. The van der Waals surface area contributed by atoms with E-state index >= 15 is 0 Å². The molecule has 3 amide bonds. The van der Waals surface area contributed by atoms with Crippen molar-refractivity contribution in [2.45, 2.75) is 64.5 Å². The molecule has 2 aliphatic rings. The summed E-state index contributed by atoms with van der Waals surface area (Å²) in [7, 11) is 0. The van der Waals surface area contributed by atoms with E-state index in [-0.39, 0.29) is 38.1 Å². The first-order chi connectivity index (χ1) is 18.5. The molecule has 2 heterocycles. The number of nitrogens with zero attached hydrogens (tertiary/aromatic N) is 2. The molecule has 39 heavy (non-hydrogen) atoms. The first kappa shape index (κ1) is 28.1. The molecule has 4 rings (SSSR count). The van der Waals surface area contributed by atoms with Crippen molar-refractivity contribution in [3.05, 3.63) is 65.7 Å². The highest BCUT2D eigenvalue weighted by molar-refractivity contribution is 5.96. The Bertz CT molecular complexity index is 1190. The van der Waals surface area contributed by atoms with Crippen LogP contribution >= 0.6 is 0 Å². The number of hydrogen-bond donors (Lipinski definition) is 1. The fourth-order valence-electron chi connectivity index (χ4n) is 4.68. The summed E-state index contributed by atoms with van der Waals surface area (Å²) in [6.07, 6.45) is -2.12. The number of hydrogen-bond acceptors (Lipinski definition) is 7. The molecule has 2 fully saturated rings. The van der Waals surface area contributed by atoms with Crippen LogP contribution in [0.1, 0.15) is 50.0 Å². The van der Waals surface area contributed by atoms with E-state index < -0.39 is 35.8 Å². The van der Waals surface area contributed by atoms with Crippen molar-refractivity contribution in [2.75, 3.05) is 25.0 Å². The second-order valence-corrected chi connectivity index (χ2v) is 10.6. The van der Waals surface area contributed by atoms with E-state index in [0.717, 1.165) is 5.56 Å². The molecule has 0 aromatic heterocycles. The molecule has 0 saturated carbocycles. The maximum absolute atomic E-state index is 13.6. The van der Waals surface area contributed by atoms with Gasteiger partial charge in [0.05, 0.1) is 37.3 Å². The van der Waals surface area contributed by atoms with E-state index in [1.54, 1.807) is 61.8 Å². The molecular formula is C29H35N3O7. The van der Waals surface area contributed by atoms with E-state index in [4.69, 9.17) is 14.2 Å². The summed E-state index contributed by atoms with van der Waals surface area (Å²) in [4.78, 5) is 54.4. The van der Waals surface area contributed by atoms with E-state index in [9.17, 15) is 19.2 Å². The van der Waals surface area contributed by atoms with Gasteiger partial charge in [0.1, 0.15) is 11.7 Å². The maximum Gasteiger partial charge on any atom is 0.410 e. The van der Waals surface area contributed by atoms with Gasteiger partial charge < -0.3 is 29.3 Å². The average Bonchev–Trinajstić information content (AvgIpc) is 3.31. The van der Waals surface area contributed by atoms with Gasteiger partial charge in [-0.05, 0) is 57.5 Å². The number of carbonyl (C=O) groups excluding carboxylic acids is 4. The lowest BCUT2D eigenvalue weighted by Gasteiger charge is -2.40. The zero-order valence-electron chi connectivity index (χ0n) is 22.7. The molecule has 0 radical (unpaired) electrons. The second kappa shape index (κ2) is 11.9. The van der Waals surface area contributed by atoms with Crippen molar-refractivity contribution in [1.82, 2.24) is 9.80 Å². The maximum atomic E-state index is 13.6. The Hall–Kier alpha value is -3.92. The zero-order chi connectivity index (χ0) is 28.2. The van der Waals surface area contributed by atoms with Gasteiger partial charge >= 0.3 is 12.1 Å². The number of benzene rings is 2. The van der Waals surface area contributed by atoms with Crippen LogP contribution in [0.2, 0.25) is 0 Å². The van der Waals surface area contributed by atoms with Crippen molar-refractivity contribution >= 4 is 29.6 Å². The molecule has 0 bridgehead atoms. The summed E-state index contributed by atoms with van der Waals surface area (Å²) < 4.78 is 16.6. The van der Waals surface area contributed by atoms with Crippen LogP contribution in [0, 0.1) is 0 Å². The van der Waals surface area contributed by atoms with Crippen molar-refractivity contribution in [3.8, 4) is 0 Å². The normalized spacial score (nSPS) is 20.8. The number of amides is 3. The molecule has 2 saturated heterocycles. The summed E-state index contributed by atoms with van der Waals surface area (Å²) in [5.41, 5.74) is 1.14. The Labute approximate surface area is 228 Å². The van der Waals surface area contributed by atoms with Gasteiger partial charge in [-0.25, -0.2) is 9.59 Å². The van der Waals surface area contributed by atoms with Gasteiger partial charge in [0, 0.05) is 18.8 Å². The van der Waals surface area contributed by atoms with Gasteiger partial charge in [-0.2, -0.15) is 0 Å². The van der Waals surface area contributed by atoms with Crippen molar-refractivity contribution in [3.63, 3.8) is 0 Å². The highest BCUT2D eigenvalue weighted by Crippen LogP contribution is 2.30. The minimum atomic E-state index is -1.01. The number of rotatable bonds is 7. The number of esters is 1. The van der Waals surface area contributed by atoms with E-state index in [1.807, 2.05) is 30.3 Å². The van der Waals surface area contributed by atoms with Gasteiger partial charge in [-0.3, -0.25) is 9.59 Å². The number of morpholine rings is 1. The van der Waals surface area contributed by atoms with E-state index in [2.05, 4.69) is 5.32 Å². The highest BCUT2D eigenvalue weighted by atomic mass is 16.6. The largest absolute Gasteiger partial charge is 0.462 e. The zero-order valence-corrected chi connectivity index (χ0v) is 22.7. The number of carbonyl (C=O) groups is 4. The summed E-state index contributed by atoms with van der Waals surface area (Å²) in [6.45, 7) is 8.27. The molecule has 2 aliphatic heterocycles. The second-order valence-electron chi connectivity index (χ2n) is 10.6. The predicted octanol–water partition coefficient (Wildman–Crippen LogP) is 3.61. The standard InChI is InChI=1S/C29H35N3O7/c1-5-37-27(35)20-11-13-21(14-12-20)30-25(33)15-23-26(34)32(16-19-9-7-6-8-10-19)22-17-31(18-24(22)38-23)28(36)39-29(2,3)4/h6-14,22-24H,5,15-18H2,1-4H3,(H,30,33). The molecule has 208 valence electrons. The van der Waals surface area contributed by atoms with Gasteiger partial charge in [0.15, 0.2) is 0 Å². The number of anilines is 1. The molecular weight excluding hydrogens is 502 g/mol. The van der Waals surface area contributed by atoms with Gasteiger partial charge in [-0.1, -0.05) is 30.3 Å². The minimum absolute atomic E-state index is 0.195. The molecule has 2 aromatic rings. The Morgan fingerprint density at radius 2 is 1.72 bits per heavy atom. The van der Waals surface area contributed by atoms with Gasteiger partial charge in [-0.15, -0.1) is 0 Å². The van der Waals surface area contributed by atoms with Gasteiger partial charge in [0.2, 0.25) is 5.91 Å². The Morgan fingerprint density at radius 1 is 1.03 bits per heavy atom. The number of fused-ring (bicyclic) bond motifs is 1. The summed E-state index contributed by atoms with van der Waals surface area (Å²) >= 11 is 0. The SMILES string of the molecule is CCOC(=O)c1ccc(NC(=O)CC2OC3CN(C(=O)OC(C)(C)C)CC3N(Cc3ccccc3)C2=O)cc1. The highest BCUT2D eigenvalue weighted by Gasteiger charge is 2.49. The lowest BCUT2D eigenvalue weighted by molar-refractivity contribution is -0.169. The third kappa shape index (κ3) is 7.14. The third-order valence-corrected chi connectivity index (χ3v) is 6.43. The lowest BCUT2D eigenvalue weighted by atomic mass is 10.0. The van der Waals surface area contributed by atoms with Crippen molar-refractivity contribution in [1.29, 1.82) is 0 Å². The molecule has 1 N–H and O–H groups in total. The number of likely N-dealkylation sites (tertiary alicyclic amines) is 1. The Balaban J connectivity index is 1.46. The predicted molar refractivity (Wildman–Crippen MR) is 143 cm³/mol. The Morgan fingerprint density at radius 3 is 2.36 bits per heavy atom. The van der Waals surface area contributed by atoms with Gasteiger partial charge in [0.25, 0.3) is 5.91 Å². The fourth-order valence-corrected chi connectivity index (χ4v) is 4.68. The summed E-state index contributed by atoms with van der Waals surface area (Å²) in [5, 5.41) is 2.76. The quantitative estimate of drug-likeness (QED) is 0.537. The van der Waals surface area contributed by atoms with E-state index in [0.29, 0.717) is 17.8 Å². The Kier molecular flexibility index (Phi) is 8.54. The molecule has 10 nitrogen and oxygen atoms in total. The van der Waals surface area contributed by atoms with Crippen LogP contribution in [0.3, 0.4) is 0 Å². The molecule has 10 heteroatoms. The molecule has 3 atom stereocenters. The van der Waals surface area contributed by atoms with E-state index in [1.165, 1.54) is 0 Å². The molecule has 0 aliphatic carbocycles. The van der Waals surface area contributed by atoms with Crippen LogP contribution in [0.4, 0.5) is 10.5 Å².